The van der Waals surface area contributed by atoms with Crippen LogP contribution in [0.4, 0.5) is 0 Å². The van der Waals surface area contributed by atoms with Crippen molar-refractivity contribution in [2.45, 2.75) is 13.3 Å². The number of pyridine rings is 1. The fourth-order valence-electron chi connectivity index (χ4n) is 3.01. The summed E-state index contributed by atoms with van der Waals surface area (Å²) in [6, 6.07) is 8.21. The molecule has 0 spiro atoms. The molecule has 2 heterocycles. The van der Waals surface area contributed by atoms with Crippen molar-refractivity contribution in [2.24, 2.45) is 0 Å². The Balaban J connectivity index is 1.70. The standard InChI is InChI=1S/C19H21N3O3/c1-14-3-4-16(23)13-17(14)19(25)22-10-2-9-21(11-12-22)18(24)15-5-7-20-8-6-15/h3-8,13,23H,2,9-12H2,1H3. The molecule has 1 aliphatic heterocycles. The first-order valence-electron chi connectivity index (χ1n) is 8.34. The number of rotatable bonds is 2. The van der Waals surface area contributed by atoms with E-state index < -0.39 is 0 Å². The number of amides is 2. The summed E-state index contributed by atoms with van der Waals surface area (Å²) in [5.41, 5.74) is 1.95. The zero-order chi connectivity index (χ0) is 17.8. The van der Waals surface area contributed by atoms with E-state index in [1.54, 1.807) is 46.5 Å². The normalized spacial score (nSPS) is 14.9. The van der Waals surface area contributed by atoms with E-state index in [1.165, 1.54) is 6.07 Å². The fourth-order valence-corrected chi connectivity index (χ4v) is 3.01. The van der Waals surface area contributed by atoms with Crippen LogP contribution in [-0.2, 0) is 0 Å². The minimum absolute atomic E-state index is 0.0368. The molecular weight excluding hydrogens is 318 g/mol. The third-order valence-corrected chi connectivity index (χ3v) is 4.45. The second-order valence-electron chi connectivity index (χ2n) is 6.17. The largest absolute Gasteiger partial charge is 0.508 e. The molecule has 130 valence electrons. The summed E-state index contributed by atoms with van der Waals surface area (Å²) in [6.07, 6.45) is 3.93. The van der Waals surface area contributed by atoms with E-state index in [1.807, 2.05) is 6.92 Å². The lowest BCUT2D eigenvalue weighted by Gasteiger charge is -2.23. The third kappa shape index (κ3) is 3.79. The van der Waals surface area contributed by atoms with Crippen LogP contribution in [-0.4, -0.2) is 57.9 Å². The second-order valence-corrected chi connectivity index (χ2v) is 6.17. The minimum atomic E-state index is -0.105. The van der Waals surface area contributed by atoms with Gasteiger partial charge < -0.3 is 14.9 Å². The van der Waals surface area contributed by atoms with Gasteiger partial charge in [0.15, 0.2) is 0 Å². The molecule has 2 aromatic rings. The lowest BCUT2D eigenvalue weighted by molar-refractivity contribution is 0.0718. The average molecular weight is 339 g/mol. The van der Waals surface area contributed by atoms with Crippen LogP contribution in [0, 0.1) is 6.92 Å². The first-order valence-corrected chi connectivity index (χ1v) is 8.34. The van der Waals surface area contributed by atoms with E-state index in [9.17, 15) is 14.7 Å². The molecule has 1 N–H and O–H groups in total. The number of carbonyl (C=O) groups is 2. The molecule has 1 aromatic carbocycles. The first-order chi connectivity index (χ1) is 12.1. The fraction of sp³-hybridized carbons (Fsp3) is 0.316. The number of benzene rings is 1. The monoisotopic (exact) mass is 339 g/mol. The lowest BCUT2D eigenvalue weighted by atomic mass is 10.1. The van der Waals surface area contributed by atoms with E-state index in [-0.39, 0.29) is 17.6 Å². The van der Waals surface area contributed by atoms with E-state index in [0.29, 0.717) is 37.3 Å². The summed E-state index contributed by atoms with van der Waals surface area (Å²) in [4.78, 5) is 32.8. The zero-order valence-corrected chi connectivity index (χ0v) is 14.2. The van der Waals surface area contributed by atoms with Crippen LogP contribution in [0.5, 0.6) is 5.75 Å². The maximum Gasteiger partial charge on any atom is 0.254 e. The lowest BCUT2D eigenvalue weighted by Crippen LogP contribution is -2.37. The van der Waals surface area contributed by atoms with Crippen LogP contribution in [0.1, 0.15) is 32.7 Å². The Morgan fingerprint density at radius 1 is 0.960 bits per heavy atom. The third-order valence-electron chi connectivity index (χ3n) is 4.45. The number of nitrogens with zero attached hydrogens (tertiary/aromatic N) is 3. The molecule has 0 saturated carbocycles. The van der Waals surface area contributed by atoms with Gasteiger partial charge in [0.05, 0.1) is 0 Å². The smallest absolute Gasteiger partial charge is 0.254 e. The van der Waals surface area contributed by atoms with Crippen molar-refractivity contribution in [1.29, 1.82) is 0 Å². The Labute approximate surface area is 146 Å². The van der Waals surface area contributed by atoms with Gasteiger partial charge in [0.1, 0.15) is 5.75 Å². The number of aromatic nitrogens is 1. The van der Waals surface area contributed by atoms with E-state index in [4.69, 9.17) is 0 Å². The quantitative estimate of drug-likeness (QED) is 0.909. The summed E-state index contributed by atoms with van der Waals surface area (Å²) in [5.74, 6) is -0.0601. The number of hydrogen-bond acceptors (Lipinski definition) is 4. The molecule has 1 aromatic heterocycles. The Morgan fingerprint density at radius 3 is 2.28 bits per heavy atom. The molecular formula is C19H21N3O3. The summed E-state index contributed by atoms with van der Waals surface area (Å²) >= 11 is 0. The number of hydrogen-bond donors (Lipinski definition) is 1. The van der Waals surface area contributed by atoms with E-state index in [0.717, 1.165) is 12.0 Å². The van der Waals surface area contributed by atoms with Crippen molar-refractivity contribution in [2.75, 3.05) is 26.2 Å². The number of carbonyl (C=O) groups excluding carboxylic acids is 2. The molecule has 1 saturated heterocycles. The van der Waals surface area contributed by atoms with Gasteiger partial charge in [0.25, 0.3) is 11.8 Å². The summed E-state index contributed by atoms with van der Waals surface area (Å²) in [7, 11) is 0. The molecule has 1 aliphatic rings. The van der Waals surface area contributed by atoms with Crippen molar-refractivity contribution in [3.05, 3.63) is 59.4 Å². The van der Waals surface area contributed by atoms with Crippen LogP contribution in [0.2, 0.25) is 0 Å². The van der Waals surface area contributed by atoms with Crippen molar-refractivity contribution in [3.8, 4) is 5.75 Å². The van der Waals surface area contributed by atoms with Crippen LogP contribution in [0.3, 0.4) is 0 Å². The predicted molar refractivity (Wildman–Crippen MR) is 93.5 cm³/mol. The van der Waals surface area contributed by atoms with Crippen LogP contribution in [0.15, 0.2) is 42.7 Å². The molecule has 25 heavy (non-hydrogen) atoms. The highest BCUT2D eigenvalue weighted by Gasteiger charge is 2.24. The number of phenols is 1. The van der Waals surface area contributed by atoms with E-state index >= 15 is 0 Å². The molecule has 0 atom stereocenters. The first kappa shape index (κ1) is 17.0. The highest BCUT2D eigenvalue weighted by atomic mass is 16.3. The Kier molecular flexibility index (Phi) is 4.97. The van der Waals surface area contributed by atoms with Crippen molar-refractivity contribution >= 4 is 11.8 Å². The van der Waals surface area contributed by atoms with Crippen LogP contribution >= 0.6 is 0 Å². The average Bonchev–Trinajstić information content (AvgIpc) is 2.89. The molecule has 3 rings (SSSR count). The summed E-state index contributed by atoms with van der Waals surface area (Å²) < 4.78 is 0. The molecule has 0 aliphatic carbocycles. The Morgan fingerprint density at radius 2 is 1.60 bits per heavy atom. The highest BCUT2D eigenvalue weighted by Crippen LogP contribution is 2.19. The van der Waals surface area contributed by atoms with Gasteiger partial charge in [0, 0.05) is 49.7 Å². The van der Waals surface area contributed by atoms with Gasteiger partial charge in [-0.1, -0.05) is 6.07 Å². The molecule has 6 heteroatoms. The Hall–Kier alpha value is -2.89. The van der Waals surface area contributed by atoms with Gasteiger partial charge in [0.2, 0.25) is 0 Å². The van der Waals surface area contributed by atoms with Crippen molar-refractivity contribution in [3.63, 3.8) is 0 Å². The maximum atomic E-state index is 12.8. The van der Waals surface area contributed by atoms with Gasteiger partial charge in [-0.15, -0.1) is 0 Å². The summed E-state index contributed by atoms with van der Waals surface area (Å²) in [6.45, 7) is 4.03. The minimum Gasteiger partial charge on any atom is -0.508 e. The number of phenolic OH excluding ortho intramolecular Hbond substituents is 1. The Bertz CT molecular complexity index is 777. The van der Waals surface area contributed by atoms with Gasteiger partial charge in [-0.2, -0.15) is 0 Å². The molecule has 0 radical (unpaired) electrons. The molecule has 0 unspecified atom stereocenters. The molecule has 0 bridgehead atoms. The van der Waals surface area contributed by atoms with Crippen LogP contribution in [0.25, 0.3) is 0 Å². The van der Waals surface area contributed by atoms with Gasteiger partial charge in [-0.05, 0) is 43.2 Å². The van der Waals surface area contributed by atoms with Gasteiger partial charge in [-0.3, -0.25) is 14.6 Å². The topological polar surface area (TPSA) is 73.7 Å². The zero-order valence-electron chi connectivity index (χ0n) is 14.2. The number of aromatic hydroxyl groups is 1. The highest BCUT2D eigenvalue weighted by molar-refractivity contribution is 5.96. The molecule has 1 fully saturated rings. The maximum absolute atomic E-state index is 12.8. The van der Waals surface area contributed by atoms with Crippen LogP contribution < -0.4 is 0 Å². The molecule has 6 nitrogen and oxygen atoms in total. The molecule has 2 amide bonds. The van der Waals surface area contributed by atoms with Gasteiger partial charge >= 0.3 is 0 Å². The predicted octanol–water partition coefficient (Wildman–Crippen LogP) is 2.08. The number of aryl methyl sites for hydroxylation is 1. The van der Waals surface area contributed by atoms with E-state index in [2.05, 4.69) is 4.98 Å². The van der Waals surface area contributed by atoms with Crippen molar-refractivity contribution in [1.82, 2.24) is 14.8 Å². The SMILES string of the molecule is Cc1ccc(O)cc1C(=O)N1CCCN(C(=O)c2ccncc2)CC1. The van der Waals surface area contributed by atoms with Gasteiger partial charge in [-0.25, -0.2) is 0 Å². The summed E-state index contributed by atoms with van der Waals surface area (Å²) in [5, 5.41) is 9.65. The second kappa shape index (κ2) is 7.34. The van der Waals surface area contributed by atoms with Crippen molar-refractivity contribution < 1.29 is 14.7 Å².